The molecular formula is C30H44O4S. The Morgan fingerprint density at radius 2 is 1.63 bits per heavy atom. The van der Waals surface area contributed by atoms with Crippen LogP contribution in [-0.2, 0) is 15.9 Å². The van der Waals surface area contributed by atoms with Crippen molar-refractivity contribution in [3.05, 3.63) is 59.2 Å². The normalized spacial score (nSPS) is 20.1. The van der Waals surface area contributed by atoms with E-state index in [2.05, 4.69) is 56.3 Å². The summed E-state index contributed by atoms with van der Waals surface area (Å²) in [5, 5.41) is 0.780. The number of benzene rings is 2. The number of methoxy groups -OCH3 is 1. The third kappa shape index (κ3) is 9.04. The van der Waals surface area contributed by atoms with Crippen LogP contribution in [0.1, 0.15) is 81.2 Å². The molecule has 4 nitrogen and oxygen atoms in total. The molecule has 0 aliphatic carbocycles. The first-order valence-electron chi connectivity index (χ1n) is 13.4. The van der Waals surface area contributed by atoms with Crippen LogP contribution in [-0.4, -0.2) is 44.9 Å². The lowest BCUT2D eigenvalue weighted by Crippen LogP contribution is -2.30. The van der Waals surface area contributed by atoms with Crippen LogP contribution in [0.5, 0.6) is 11.5 Å². The van der Waals surface area contributed by atoms with Crippen molar-refractivity contribution in [1.82, 2.24) is 0 Å². The van der Waals surface area contributed by atoms with E-state index < -0.39 is 0 Å². The van der Waals surface area contributed by atoms with E-state index >= 15 is 0 Å². The van der Waals surface area contributed by atoms with Crippen molar-refractivity contribution in [2.24, 2.45) is 0 Å². The van der Waals surface area contributed by atoms with Gasteiger partial charge in [0.15, 0.2) is 0 Å². The summed E-state index contributed by atoms with van der Waals surface area (Å²) in [5.41, 5.74) is 3.86. The fourth-order valence-electron chi connectivity index (χ4n) is 4.52. The molecule has 2 aromatic rings. The molecule has 3 atom stereocenters. The van der Waals surface area contributed by atoms with Gasteiger partial charge in [-0.2, -0.15) is 0 Å². The van der Waals surface area contributed by atoms with Crippen molar-refractivity contribution >= 4 is 11.8 Å². The van der Waals surface area contributed by atoms with Gasteiger partial charge in [0, 0.05) is 29.3 Å². The summed E-state index contributed by atoms with van der Waals surface area (Å²) in [7, 11) is 1.78. The molecule has 0 unspecified atom stereocenters. The van der Waals surface area contributed by atoms with Gasteiger partial charge in [-0.25, -0.2) is 0 Å². The molecule has 1 aliphatic heterocycles. The Balaban J connectivity index is 1.75. The topological polar surface area (TPSA) is 36.9 Å². The highest BCUT2D eigenvalue weighted by atomic mass is 32.2. The van der Waals surface area contributed by atoms with Gasteiger partial charge in [-0.3, -0.25) is 0 Å². The van der Waals surface area contributed by atoms with E-state index in [0.717, 1.165) is 69.8 Å². The van der Waals surface area contributed by atoms with Gasteiger partial charge in [-0.1, -0.05) is 51.0 Å². The Kier molecular flexibility index (Phi) is 12.3. The zero-order valence-electron chi connectivity index (χ0n) is 22.1. The first-order valence-corrected chi connectivity index (χ1v) is 14.3. The zero-order valence-corrected chi connectivity index (χ0v) is 22.9. The summed E-state index contributed by atoms with van der Waals surface area (Å²) in [5.74, 6) is 1.89. The van der Waals surface area contributed by atoms with Crippen LogP contribution in [0, 0.1) is 0 Å². The van der Waals surface area contributed by atoms with Crippen LogP contribution in [0.25, 0.3) is 0 Å². The number of ether oxygens (including phenoxy) is 4. The van der Waals surface area contributed by atoms with Crippen LogP contribution < -0.4 is 9.47 Å². The van der Waals surface area contributed by atoms with Gasteiger partial charge in [0.2, 0.25) is 0 Å². The van der Waals surface area contributed by atoms with Crippen molar-refractivity contribution in [3.63, 3.8) is 0 Å². The van der Waals surface area contributed by atoms with Crippen LogP contribution in [0.3, 0.4) is 0 Å². The van der Waals surface area contributed by atoms with Gasteiger partial charge in [-0.05, 0) is 68.4 Å². The Labute approximate surface area is 217 Å². The molecule has 0 saturated carbocycles. The molecule has 194 valence electrons. The Bertz CT molecular complexity index is 854. The fraction of sp³-hybridized carbons (Fsp3) is 0.600. The number of hydrogen-bond acceptors (Lipinski definition) is 5. The van der Waals surface area contributed by atoms with E-state index in [1.165, 1.54) is 23.1 Å². The average molecular weight is 501 g/mol. The van der Waals surface area contributed by atoms with Crippen molar-refractivity contribution in [1.29, 1.82) is 0 Å². The number of hydrogen-bond donors (Lipinski definition) is 0. The predicted octanol–water partition coefficient (Wildman–Crippen LogP) is 7.62. The number of rotatable bonds is 15. The van der Waals surface area contributed by atoms with Crippen LogP contribution >= 0.6 is 11.8 Å². The van der Waals surface area contributed by atoms with Crippen LogP contribution in [0.15, 0.2) is 42.5 Å². The van der Waals surface area contributed by atoms with Gasteiger partial charge < -0.3 is 18.9 Å². The van der Waals surface area contributed by atoms with Crippen molar-refractivity contribution in [3.8, 4) is 11.5 Å². The Morgan fingerprint density at radius 1 is 0.886 bits per heavy atom. The van der Waals surface area contributed by atoms with Gasteiger partial charge in [0.05, 0.1) is 26.4 Å². The van der Waals surface area contributed by atoms with Crippen LogP contribution in [0.4, 0.5) is 0 Å². The summed E-state index contributed by atoms with van der Waals surface area (Å²) in [6.07, 6.45) is 7.81. The molecule has 0 bridgehead atoms. The van der Waals surface area contributed by atoms with E-state index in [-0.39, 0.29) is 6.10 Å². The van der Waals surface area contributed by atoms with E-state index in [4.69, 9.17) is 18.9 Å². The van der Waals surface area contributed by atoms with Crippen LogP contribution in [0.2, 0.25) is 0 Å². The molecule has 0 aromatic heterocycles. The SMILES string of the molecule is CCCCOC[C@@H]1C[C@H](OCCCC)C[C@H](c2cc(Cc3ccc(OCC)cc3)ccc2OC)S1. The lowest BCUT2D eigenvalue weighted by molar-refractivity contribution is 0.0282. The highest BCUT2D eigenvalue weighted by molar-refractivity contribution is 8.00. The van der Waals surface area contributed by atoms with Gasteiger partial charge in [0.1, 0.15) is 11.5 Å². The third-order valence-electron chi connectivity index (χ3n) is 6.44. The second-order valence-corrected chi connectivity index (χ2v) is 10.8. The quantitative estimate of drug-likeness (QED) is 0.235. The molecule has 0 N–H and O–H groups in total. The zero-order chi connectivity index (χ0) is 24.9. The van der Waals surface area contributed by atoms with E-state index in [9.17, 15) is 0 Å². The molecular weight excluding hydrogens is 456 g/mol. The Hall–Kier alpha value is -1.69. The average Bonchev–Trinajstić information content (AvgIpc) is 2.88. The van der Waals surface area contributed by atoms with Crippen molar-refractivity contribution in [2.45, 2.75) is 82.3 Å². The maximum atomic E-state index is 6.34. The molecule has 5 heteroatoms. The maximum Gasteiger partial charge on any atom is 0.123 e. The first kappa shape index (κ1) is 27.9. The monoisotopic (exact) mass is 500 g/mol. The highest BCUT2D eigenvalue weighted by Gasteiger charge is 2.32. The van der Waals surface area contributed by atoms with Crippen molar-refractivity contribution < 1.29 is 18.9 Å². The minimum atomic E-state index is 0.270. The molecule has 0 amide bonds. The molecule has 35 heavy (non-hydrogen) atoms. The lowest BCUT2D eigenvalue weighted by atomic mass is 9.97. The predicted molar refractivity (Wildman–Crippen MR) is 147 cm³/mol. The summed E-state index contributed by atoms with van der Waals surface area (Å²) < 4.78 is 23.8. The standard InChI is InChI=1S/C30H44O4S/c1-5-8-16-32-22-27-20-26(34-17-9-6-2)21-30(35-27)28-19-24(12-15-29(28)31-4)18-23-10-13-25(14-11-23)33-7-3/h10-15,19,26-27,30H,5-9,16-18,20-22H2,1-4H3/t26-,27-,30+/m0/s1. The molecule has 1 heterocycles. The van der Waals surface area contributed by atoms with Crippen molar-refractivity contribution in [2.75, 3.05) is 33.5 Å². The van der Waals surface area contributed by atoms with Gasteiger partial charge in [-0.15, -0.1) is 11.8 Å². The molecule has 0 radical (unpaired) electrons. The molecule has 2 aromatic carbocycles. The van der Waals surface area contributed by atoms with Gasteiger partial charge in [0.25, 0.3) is 0 Å². The summed E-state index contributed by atoms with van der Waals surface area (Å²) in [4.78, 5) is 0. The first-order chi connectivity index (χ1) is 17.2. The van der Waals surface area contributed by atoms with E-state index in [0.29, 0.717) is 17.1 Å². The highest BCUT2D eigenvalue weighted by Crippen LogP contribution is 2.47. The lowest BCUT2D eigenvalue weighted by Gasteiger charge is -2.35. The fourth-order valence-corrected chi connectivity index (χ4v) is 6.14. The second-order valence-electron chi connectivity index (χ2n) is 9.32. The van der Waals surface area contributed by atoms with E-state index in [1.54, 1.807) is 7.11 Å². The molecule has 1 fully saturated rings. The maximum absolute atomic E-state index is 6.34. The third-order valence-corrected chi connectivity index (χ3v) is 7.93. The molecule has 0 spiro atoms. The van der Waals surface area contributed by atoms with E-state index in [1.807, 2.05) is 18.7 Å². The minimum absolute atomic E-state index is 0.270. The number of thioether (sulfide) groups is 1. The molecule has 1 saturated heterocycles. The largest absolute Gasteiger partial charge is 0.496 e. The summed E-state index contributed by atoms with van der Waals surface area (Å²) >= 11 is 2.04. The Morgan fingerprint density at radius 3 is 2.34 bits per heavy atom. The number of unbranched alkanes of at least 4 members (excludes halogenated alkanes) is 2. The smallest absolute Gasteiger partial charge is 0.123 e. The molecule has 3 rings (SSSR count). The summed E-state index contributed by atoms with van der Waals surface area (Å²) in [6, 6.07) is 15.1. The minimum Gasteiger partial charge on any atom is -0.496 e. The summed E-state index contributed by atoms with van der Waals surface area (Å²) in [6.45, 7) is 9.61. The van der Waals surface area contributed by atoms with Gasteiger partial charge >= 0.3 is 0 Å². The second kappa shape index (κ2) is 15.4. The molecule has 1 aliphatic rings.